The molecule has 0 amide bonds. The number of nitrogens with one attached hydrogen (secondary N) is 1. The monoisotopic (exact) mass is 239 g/mol. The van der Waals surface area contributed by atoms with Gasteiger partial charge in [-0.1, -0.05) is 0 Å². The number of hydrogen-bond donors (Lipinski definition) is 1. The highest BCUT2D eigenvalue weighted by Crippen LogP contribution is 2.17. The molecule has 3 heterocycles. The molecule has 0 bridgehead atoms. The lowest BCUT2D eigenvalue weighted by Crippen LogP contribution is -1.97. The smallest absolute Gasteiger partial charge is 0.153 e. The highest BCUT2D eigenvalue weighted by Gasteiger charge is 2.03. The number of anilines is 2. The van der Waals surface area contributed by atoms with Crippen LogP contribution in [0.25, 0.3) is 11.5 Å². The van der Waals surface area contributed by atoms with Gasteiger partial charge in [0, 0.05) is 12.4 Å². The van der Waals surface area contributed by atoms with Crippen molar-refractivity contribution in [1.82, 2.24) is 19.9 Å². The fourth-order valence-corrected chi connectivity index (χ4v) is 1.44. The molecular weight excluding hydrogens is 230 g/mol. The molecule has 3 aromatic heterocycles. The van der Waals surface area contributed by atoms with Crippen molar-refractivity contribution in [3.63, 3.8) is 0 Å². The van der Waals surface area contributed by atoms with Crippen LogP contribution in [0.5, 0.6) is 0 Å². The van der Waals surface area contributed by atoms with Crippen LogP contribution in [-0.2, 0) is 0 Å². The van der Waals surface area contributed by atoms with Gasteiger partial charge in [-0.05, 0) is 12.1 Å². The van der Waals surface area contributed by atoms with Gasteiger partial charge in [-0.3, -0.25) is 4.98 Å². The maximum atomic E-state index is 5.23. The minimum absolute atomic E-state index is 0.603. The van der Waals surface area contributed by atoms with Crippen molar-refractivity contribution in [1.29, 1.82) is 0 Å². The molecule has 18 heavy (non-hydrogen) atoms. The van der Waals surface area contributed by atoms with E-state index in [4.69, 9.17) is 4.42 Å². The average molecular weight is 239 g/mol. The van der Waals surface area contributed by atoms with Crippen LogP contribution in [0.1, 0.15) is 0 Å². The molecule has 0 aromatic carbocycles. The summed E-state index contributed by atoms with van der Waals surface area (Å²) in [5, 5.41) is 3.00. The fraction of sp³-hybridized carbons (Fsp3) is 0. The van der Waals surface area contributed by atoms with Crippen LogP contribution in [0.4, 0.5) is 11.6 Å². The van der Waals surface area contributed by atoms with Gasteiger partial charge in [0.1, 0.15) is 17.3 Å². The van der Waals surface area contributed by atoms with Crippen LogP contribution < -0.4 is 5.32 Å². The standard InChI is InChI=1S/C12H9N5O/c1-2-10(18-5-1)9-6-16-12(8-15-9)17-11-7-13-3-4-14-11/h1-8H,(H,14,16,17). The Morgan fingerprint density at radius 1 is 0.944 bits per heavy atom. The van der Waals surface area contributed by atoms with Gasteiger partial charge in [0.05, 0.1) is 24.9 Å². The van der Waals surface area contributed by atoms with Crippen LogP contribution in [0.15, 0.2) is 53.8 Å². The number of rotatable bonds is 3. The van der Waals surface area contributed by atoms with Crippen molar-refractivity contribution in [3.05, 3.63) is 49.4 Å². The second-order valence-electron chi connectivity index (χ2n) is 3.48. The van der Waals surface area contributed by atoms with Crippen molar-refractivity contribution in [2.45, 2.75) is 0 Å². The van der Waals surface area contributed by atoms with Crippen molar-refractivity contribution < 1.29 is 4.42 Å². The quantitative estimate of drug-likeness (QED) is 0.755. The fourth-order valence-electron chi connectivity index (χ4n) is 1.44. The van der Waals surface area contributed by atoms with Gasteiger partial charge in [0.15, 0.2) is 5.76 Å². The molecule has 0 atom stereocenters. The zero-order valence-corrected chi connectivity index (χ0v) is 9.32. The number of nitrogens with zero attached hydrogens (tertiary/aromatic N) is 4. The highest BCUT2D eigenvalue weighted by atomic mass is 16.3. The summed E-state index contributed by atoms with van der Waals surface area (Å²) in [4.78, 5) is 16.5. The van der Waals surface area contributed by atoms with Gasteiger partial charge in [-0.25, -0.2) is 15.0 Å². The van der Waals surface area contributed by atoms with E-state index in [9.17, 15) is 0 Å². The molecule has 3 rings (SSSR count). The lowest BCUT2D eigenvalue weighted by molar-refractivity contribution is 0.579. The van der Waals surface area contributed by atoms with Crippen molar-refractivity contribution in [3.8, 4) is 11.5 Å². The summed E-state index contributed by atoms with van der Waals surface area (Å²) in [5.41, 5.74) is 0.685. The maximum absolute atomic E-state index is 5.23. The Kier molecular flexibility index (Phi) is 2.67. The molecule has 6 heteroatoms. The second-order valence-corrected chi connectivity index (χ2v) is 3.48. The highest BCUT2D eigenvalue weighted by molar-refractivity contribution is 5.54. The van der Waals surface area contributed by atoms with E-state index in [0.717, 1.165) is 0 Å². The third-order valence-electron chi connectivity index (χ3n) is 2.24. The summed E-state index contributed by atoms with van der Waals surface area (Å²) in [5.74, 6) is 1.91. The largest absolute Gasteiger partial charge is 0.463 e. The Morgan fingerprint density at radius 3 is 2.56 bits per heavy atom. The van der Waals surface area contributed by atoms with E-state index >= 15 is 0 Å². The van der Waals surface area contributed by atoms with E-state index in [-0.39, 0.29) is 0 Å². The van der Waals surface area contributed by atoms with Crippen LogP contribution in [0.3, 0.4) is 0 Å². The minimum atomic E-state index is 0.603. The number of hydrogen-bond acceptors (Lipinski definition) is 6. The first-order chi connectivity index (χ1) is 8.92. The molecule has 0 spiro atoms. The van der Waals surface area contributed by atoms with E-state index in [2.05, 4.69) is 25.3 Å². The SMILES string of the molecule is c1coc(-c2cnc(Nc3cnccn3)cn2)c1. The summed E-state index contributed by atoms with van der Waals surface area (Å²) >= 11 is 0. The van der Waals surface area contributed by atoms with Crippen LogP contribution in [0.2, 0.25) is 0 Å². The number of aromatic nitrogens is 4. The molecule has 0 radical (unpaired) electrons. The first kappa shape index (κ1) is 10.4. The molecular formula is C12H9N5O. The summed E-state index contributed by atoms with van der Waals surface area (Å²) in [6.45, 7) is 0. The third-order valence-corrected chi connectivity index (χ3v) is 2.24. The van der Waals surface area contributed by atoms with Gasteiger partial charge in [0.2, 0.25) is 0 Å². The van der Waals surface area contributed by atoms with Gasteiger partial charge >= 0.3 is 0 Å². The number of furan rings is 1. The Bertz CT molecular complexity index is 607. The summed E-state index contributed by atoms with van der Waals surface area (Å²) in [7, 11) is 0. The molecule has 3 aromatic rings. The minimum Gasteiger partial charge on any atom is -0.463 e. The first-order valence-electron chi connectivity index (χ1n) is 5.31. The summed E-state index contributed by atoms with van der Waals surface area (Å²) < 4.78 is 5.23. The van der Waals surface area contributed by atoms with Gasteiger partial charge < -0.3 is 9.73 Å². The van der Waals surface area contributed by atoms with Crippen LogP contribution in [-0.4, -0.2) is 19.9 Å². The molecule has 0 unspecified atom stereocenters. The lowest BCUT2D eigenvalue weighted by atomic mass is 10.3. The molecule has 0 aliphatic rings. The Hall–Kier alpha value is -2.76. The van der Waals surface area contributed by atoms with E-state index in [1.165, 1.54) is 0 Å². The Morgan fingerprint density at radius 2 is 1.89 bits per heavy atom. The molecule has 88 valence electrons. The summed E-state index contributed by atoms with van der Waals surface area (Å²) in [6, 6.07) is 3.64. The molecule has 0 aliphatic carbocycles. The molecule has 0 saturated heterocycles. The zero-order valence-electron chi connectivity index (χ0n) is 9.32. The Balaban J connectivity index is 1.80. The lowest BCUT2D eigenvalue weighted by Gasteiger charge is -2.03. The zero-order chi connectivity index (χ0) is 12.2. The topological polar surface area (TPSA) is 76.7 Å². The maximum Gasteiger partial charge on any atom is 0.153 e. The predicted octanol–water partition coefficient (Wildman–Crippen LogP) is 2.27. The summed E-state index contributed by atoms with van der Waals surface area (Å²) in [6.07, 6.45) is 9.68. The van der Waals surface area contributed by atoms with Crippen LogP contribution >= 0.6 is 0 Å². The van der Waals surface area contributed by atoms with Gasteiger partial charge in [0.25, 0.3) is 0 Å². The van der Waals surface area contributed by atoms with E-state index < -0.39 is 0 Å². The van der Waals surface area contributed by atoms with Crippen molar-refractivity contribution in [2.75, 3.05) is 5.32 Å². The molecule has 6 nitrogen and oxygen atoms in total. The Labute approximate surface area is 103 Å². The van der Waals surface area contributed by atoms with Crippen LogP contribution in [0, 0.1) is 0 Å². The van der Waals surface area contributed by atoms with Gasteiger partial charge in [-0.2, -0.15) is 0 Å². The van der Waals surface area contributed by atoms with Crippen molar-refractivity contribution >= 4 is 11.6 Å². The third kappa shape index (κ3) is 2.17. The predicted molar refractivity (Wildman–Crippen MR) is 65.0 cm³/mol. The second kappa shape index (κ2) is 4.62. The molecule has 0 saturated carbocycles. The molecule has 0 aliphatic heterocycles. The normalized spacial score (nSPS) is 10.2. The van der Waals surface area contributed by atoms with E-state index in [1.807, 2.05) is 12.1 Å². The molecule has 0 fully saturated rings. The van der Waals surface area contributed by atoms with E-state index in [0.29, 0.717) is 23.1 Å². The van der Waals surface area contributed by atoms with Crippen molar-refractivity contribution in [2.24, 2.45) is 0 Å². The molecule has 1 N–H and O–H groups in total. The van der Waals surface area contributed by atoms with Gasteiger partial charge in [-0.15, -0.1) is 0 Å². The first-order valence-corrected chi connectivity index (χ1v) is 5.31. The van der Waals surface area contributed by atoms with E-state index in [1.54, 1.807) is 37.2 Å². The average Bonchev–Trinajstić information content (AvgIpc) is 2.95.